The van der Waals surface area contributed by atoms with E-state index >= 15 is 0 Å². The second-order valence-electron chi connectivity index (χ2n) is 8.04. The normalized spacial score (nSPS) is 15.8. The molecule has 1 aromatic heterocycles. The molecule has 0 bridgehead atoms. The first kappa shape index (κ1) is 19.2. The van der Waals surface area contributed by atoms with Gasteiger partial charge in [-0.15, -0.1) is 0 Å². The number of hydrogen-bond acceptors (Lipinski definition) is 3. The molecule has 4 rings (SSSR count). The molecule has 150 valence electrons. The highest BCUT2D eigenvalue weighted by molar-refractivity contribution is 5.99. The summed E-state index contributed by atoms with van der Waals surface area (Å²) in [6.07, 6.45) is 3.36. The highest BCUT2D eigenvalue weighted by Gasteiger charge is 2.21. The number of nitrogens with zero attached hydrogens (tertiary/aromatic N) is 1. The van der Waals surface area contributed by atoms with Crippen LogP contribution < -0.4 is 0 Å². The Morgan fingerprint density at radius 3 is 2.59 bits per heavy atom. The summed E-state index contributed by atoms with van der Waals surface area (Å²) in [5, 5.41) is 1.17. The predicted octanol–water partition coefficient (Wildman–Crippen LogP) is 4.35. The maximum absolute atomic E-state index is 13.0. The van der Waals surface area contributed by atoms with Crippen LogP contribution in [0.25, 0.3) is 10.9 Å². The van der Waals surface area contributed by atoms with E-state index in [0.29, 0.717) is 23.6 Å². The average molecular weight is 390 g/mol. The number of ether oxygens (including phenoxy) is 1. The first-order valence-electron chi connectivity index (χ1n) is 10.0. The van der Waals surface area contributed by atoms with Crippen molar-refractivity contribution in [3.63, 3.8) is 0 Å². The van der Waals surface area contributed by atoms with E-state index < -0.39 is 0 Å². The van der Waals surface area contributed by atoms with Crippen molar-refractivity contribution in [2.24, 2.45) is 5.92 Å². The Morgan fingerprint density at radius 1 is 1.14 bits per heavy atom. The molecule has 5 heteroatoms. The van der Waals surface area contributed by atoms with Gasteiger partial charge in [-0.2, -0.15) is 0 Å². The van der Waals surface area contributed by atoms with Crippen molar-refractivity contribution in [2.75, 3.05) is 14.2 Å². The van der Waals surface area contributed by atoms with Gasteiger partial charge in [0, 0.05) is 35.8 Å². The summed E-state index contributed by atoms with van der Waals surface area (Å²) < 4.78 is 4.72. The van der Waals surface area contributed by atoms with Crippen molar-refractivity contribution in [1.29, 1.82) is 0 Å². The molecule has 0 aliphatic heterocycles. The summed E-state index contributed by atoms with van der Waals surface area (Å²) in [7, 11) is 3.16. The van der Waals surface area contributed by atoms with Crippen molar-refractivity contribution in [1.82, 2.24) is 9.88 Å². The molecule has 1 heterocycles. The van der Waals surface area contributed by atoms with E-state index in [4.69, 9.17) is 4.74 Å². The molecule has 1 aliphatic rings. The molecule has 1 amide bonds. The minimum atomic E-state index is -0.363. The summed E-state index contributed by atoms with van der Waals surface area (Å²) in [5.74, 6) is 0.303. The van der Waals surface area contributed by atoms with Crippen LogP contribution in [-0.2, 0) is 24.1 Å². The van der Waals surface area contributed by atoms with Crippen LogP contribution >= 0.6 is 0 Å². The number of methoxy groups -OCH3 is 1. The fraction of sp³-hybridized carbons (Fsp3) is 0.333. The van der Waals surface area contributed by atoms with Gasteiger partial charge in [0.25, 0.3) is 5.91 Å². The smallest absolute Gasteiger partial charge is 0.337 e. The lowest BCUT2D eigenvalue weighted by Gasteiger charge is -2.19. The predicted molar refractivity (Wildman–Crippen MR) is 113 cm³/mol. The molecule has 0 saturated heterocycles. The average Bonchev–Trinajstić information content (AvgIpc) is 3.10. The van der Waals surface area contributed by atoms with Crippen molar-refractivity contribution in [3.05, 3.63) is 70.4 Å². The number of hydrogen-bond donors (Lipinski definition) is 1. The van der Waals surface area contributed by atoms with Crippen LogP contribution in [0.2, 0.25) is 0 Å². The topological polar surface area (TPSA) is 62.4 Å². The van der Waals surface area contributed by atoms with Crippen LogP contribution in [0.4, 0.5) is 0 Å². The number of benzene rings is 2. The number of aryl methyl sites for hydroxylation is 1. The number of H-pyrrole nitrogens is 1. The van der Waals surface area contributed by atoms with E-state index in [1.165, 1.54) is 30.2 Å². The maximum atomic E-state index is 13.0. The number of fused-ring (bicyclic) bond motifs is 3. The van der Waals surface area contributed by atoms with E-state index in [2.05, 4.69) is 11.9 Å². The number of carbonyl (C=O) groups excluding carboxylic acids is 2. The van der Waals surface area contributed by atoms with E-state index in [-0.39, 0.29) is 11.9 Å². The quantitative estimate of drug-likeness (QED) is 0.674. The number of nitrogens with one attached hydrogen (secondary N) is 1. The molecular weight excluding hydrogens is 364 g/mol. The molecule has 29 heavy (non-hydrogen) atoms. The van der Waals surface area contributed by atoms with Gasteiger partial charge in [-0.25, -0.2) is 4.79 Å². The first-order valence-corrected chi connectivity index (χ1v) is 10.0. The van der Waals surface area contributed by atoms with Gasteiger partial charge in [0.15, 0.2) is 0 Å². The Hall–Kier alpha value is -3.08. The zero-order valence-corrected chi connectivity index (χ0v) is 17.1. The van der Waals surface area contributed by atoms with Crippen molar-refractivity contribution in [2.45, 2.75) is 32.7 Å². The zero-order valence-electron chi connectivity index (χ0n) is 17.1. The summed E-state index contributed by atoms with van der Waals surface area (Å²) in [6, 6.07) is 13.1. The monoisotopic (exact) mass is 390 g/mol. The van der Waals surface area contributed by atoms with Crippen LogP contribution in [0.3, 0.4) is 0 Å². The van der Waals surface area contributed by atoms with Gasteiger partial charge >= 0.3 is 5.97 Å². The molecule has 1 N–H and O–H groups in total. The van der Waals surface area contributed by atoms with Gasteiger partial charge in [0.2, 0.25) is 0 Å². The van der Waals surface area contributed by atoms with Gasteiger partial charge < -0.3 is 14.6 Å². The summed E-state index contributed by atoms with van der Waals surface area (Å²) in [6.45, 7) is 2.76. The van der Waals surface area contributed by atoms with Gasteiger partial charge in [0.05, 0.1) is 12.7 Å². The SMILES string of the molecule is COC(=O)c1ccc(CN(C)C(=O)c2ccc3[nH]c4c(c3c2)CC(C)CC4)cc1. The molecule has 1 unspecified atom stereocenters. The van der Waals surface area contributed by atoms with Crippen LogP contribution in [0.5, 0.6) is 0 Å². The molecule has 0 fully saturated rings. The second kappa shape index (κ2) is 7.74. The highest BCUT2D eigenvalue weighted by Crippen LogP contribution is 2.32. The Bertz CT molecular complexity index is 1070. The number of aromatic nitrogens is 1. The third kappa shape index (κ3) is 3.77. The van der Waals surface area contributed by atoms with E-state index in [9.17, 15) is 9.59 Å². The lowest BCUT2D eigenvalue weighted by atomic mass is 9.87. The summed E-state index contributed by atoms with van der Waals surface area (Å²) >= 11 is 0. The Kier molecular flexibility index (Phi) is 5.14. The zero-order chi connectivity index (χ0) is 20.5. The van der Waals surface area contributed by atoms with Gasteiger partial charge in [-0.05, 0) is 66.6 Å². The van der Waals surface area contributed by atoms with Gasteiger partial charge in [-0.1, -0.05) is 19.1 Å². The summed E-state index contributed by atoms with van der Waals surface area (Å²) in [5.41, 5.74) is 5.97. The molecule has 5 nitrogen and oxygen atoms in total. The minimum absolute atomic E-state index is 0.0113. The highest BCUT2D eigenvalue weighted by atomic mass is 16.5. The van der Waals surface area contributed by atoms with Crippen molar-refractivity contribution < 1.29 is 14.3 Å². The Balaban J connectivity index is 1.53. The van der Waals surface area contributed by atoms with Crippen LogP contribution in [-0.4, -0.2) is 35.9 Å². The second-order valence-corrected chi connectivity index (χ2v) is 8.04. The van der Waals surface area contributed by atoms with Crippen LogP contribution in [0, 0.1) is 5.92 Å². The number of aromatic amines is 1. The van der Waals surface area contributed by atoms with Crippen LogP contribution in [0.15, 0.2) is 42.5 Å². The standard InChI is InChI=1S/C24H26N2O3/c1-15-4-10-21-19(12-15)20-13-18(9-11-22(20)25-21)23(27)26(2)14-16-5-7-17(8-6-16)24(28)29-3/h5-9,11,13,15,25H,4,10,12,14H2,1-3H3. The first-order chi connectivity index (χ1) is 14.0. The molecule has 1 atom stereocenters. The fourth-order valence-electron chi connectivity index (χ4n) is 4.15. The van der Waals surface area contributed by atoms with Gasteiger partial charge in [-0.3, -0.25) is 4.79 Å². The molecule has 1 aliphatic carbocycles. The lowest BCUT2D eigenvalue weighted by molar-refractivity contribution is 0.0600. The number of carbonyl (C=O) groups is 2. The van der Waals surface area contributed by atoms with Crippen molar-refractivity contribution in [3.8, 4) is 0 Å². The van der Waals surface area contributed by atoms with Crippen molar-refractivity contribution >= 4 is 22.8 Å². The third-order valence-corrected chi connectivity index (χ3v) is 5.82. The molecule has 0 spiro atoms. The number of rotatable bonds is 4. The number of amides is 1. The Morgan fingerprint density at radius 2 is 1.86 bits per heavy atom. The van der Waals surface area contributed by atoms with E-state index in [0.717, 1.165) is 23.9 Å². The third-order valence-electron chi connectivity index (χ3n) is 5.82. The summed E-state index contributed by atoms with van der Waals surface area (Å²) in [4.78, 5) is 29.8. The maximum Gasteiger partial charge on any atom is 0.337 e. The number of esters is 1. The molecular formula is C24H26N2O3. The van der Waals surface area contributed by atoms with Crippen LogP contribution in [0.1, 0.15) is 50.9 Å². The minimum Gasteiger partial charge on any atom is -0.465 e. The molecule has 2 aromatic carbocycles. The lowest BCUT2D eigenvalue weighted by Crippen LogP contribution is -2.26. The fourth-order valence-corrected chi connectivity index (χ4v) is 4.15. The molecule has 3 aromatic rings. The van der Waals surface area contributed by atoms with E-state index in [1.807, 2.05) is 30.3 Å². The van der Waals surface area contributed by atoms with Gasteiger partial charge in [0.1, 0.15) is 0 Å². The Labute approximate surface area is 170 Å². The van der Waals surface area contributed by atoms with E-state index in [1.54, 1.807) is 24.1 Å². The molecule has 0 radical (unpaired) electrons. The largest absolute Gasteiger partial charge is 0.465 e. The molecule has 0 saturated carbocycles.